The van der Waals surface area contributed by atoms with Crippen LogP contribution < -0.4 is 0 Å². The molecule has 118 heavy (non-hydrogen) atoms. The number of nitriles is 2. The number of aliphatic hydroxyl groups excluding tert-OH is 3. The highest BCUT2D eigenvalue weighted by molar-refractivity contribution is 8.01. The minimum atomic E-state index is -6.27. The van der Waals surface area contributed by atoms with Crippen LogP contribution in [0.3, 0.4) is 0 Å². The SMILES string of the molecule is CC1C(C)C2CC1C(CC(O)(C(F)(F)F)C(F)(F)F)C2CC(O)(C(F)(F)F)C(F)(F)F.CC1C2CC(C#N)C(C2)C1C.CC1C2CC(CC(C)(O)C(F)(F)F)C(S2)C1C.CC1C2CC(CO)C(C2)C1C.CC1C2CC(Cl)C(C2)C1C.CC1C2CC(O)C(C2)C1C.CC1CC2C3CC(CC3C#N)C2C1C.CC1CC2C3CC(CC3CO)C2C1C. The summed E-state index contributed by atoms with van der Waals surface area (Å²) >= 11 is 8.00. The predicted octanol–water partition coefficient (Wildman–Crippen LogP) is 23.6. The molecule has 0 aromatic carbocycles. The van der Waals surface area contributed by atoms with E-state index in [1.807, 2.05) is 11.8 Å². The standard InChI is InChI=1S/C17H20F12O2.C13H19N.C13H22O.C12H19F3OS.C10H15N.C10H18O.C9H15Cl.C9H16O/c1-6-7(2)9-3-8(6)10(4-12(30,14(18,19)20)15(21,22)23)11(9)5-13(31,16(24,25)26)17(27,28)29;2*1-7-3-12-11-5-9(4-10(11)6-14)13(12)8(7)2;1-6-7(2)10-8(4-9(6)17-10)5-11(3,16)12(13,14)15;2*1-6-7(2)10-4-8(6)3-9(10)5-11;2*1-5-6(2)8-3-7(5)4-9(8)10/h6-11,30-31H,3-5H2,1-2H3;7-13H,3-5H2,1-2H3;7-14H,3-6H2,1-2H3;6-10,16H,4-5H2,1-3H3;6-10H,3-4H2,1-2H3;6-11H,3-5H2,1-2H3;5-9H,3-4H2,1-2H3;5-10H,3-4H2,1-2H3. The van der Waals surface area contributed by atoms with Gasteiger partial charge in [0.25, 0.3) is 11.2 Å². The molecule has 16 saturated carbocycles. The van der Waals surface area contributed by atoms with Gasteiger partial charge < -0.3 is 30.6 Å². The average Bonchev–Trinajstić information content (AvgIpc) is 1.44. The zero-order chi connectivity index (χ0) is 88.0. The number of aliphatic hydroxyl groups is 6. The Labute approximate surface area is 704 Å². The summed E-state index contributed by atoms with van der Waals surface area (Å²) in [4.78, 5) is 0. The van der Waals surface area contributed by atoms with E-state index in [9.17, 15) is 91.4 Å². The molecule has 0 amide bonds. The average molecular weight is 1740 g/mol. The van der Waals surface area contributed by atoms with Crippen molar-refractivity contribution in [1.82, 2.24) is 0 Å². The van der Waals surface area contributed by atoms with Crippen LogP contribution in [0, 0.1) is 265 Å². The fourth-order valence-corrected chi connectivity index (χ4v) is 33.3. The molecule has 0 aromatic heterocycles. The normalized spacial score (nSPS) is 49.9. The second kappa shape index (κ2) is 35.8. The van der Waals surface area contributed by atoms with Gasteiger partial charge in [0.2, 0.25) is 0 Å². The highest BCUT2D eigenvalue weighted by atomic mass is 35.5. The molecule has 0 aromatic rings. The minimum absolute atomic E-state index is 0.00725. The quantitative estimate of drug-likeness (QED) is 0.102. The molecular formula is C93H144ClF15N2O6S. The van der Waals surface area contributed by atoms with Gasteiger partial charge in [-0.2, -0.15) is 88.1 Å². The Kier molecular flexibility index (Phi) is 29.4. The molecule has 680 valence electrons. The largest absolute Gasteiger partial charge is 0.426 e. The molecule has 2 aliphatic heterocycles. The zero-order valence-electron chi connectivity index (χ0n) is 72.9. The van der Waals surface area contributed by atoms with Crippen LogP contribution in [0.1, 0.15) is 240 Å². The number of rotatable bonds is 8. The van der Waals surface area contributed by atoms with Crippen molar-refractivity contribution in [3.05, 3.63) is 0 Å². The molecule has 6 N–H and O–H groups in total. The number of hydrogen-bond donors (Lipinski definition) is 6. The van der Waals surface area contributed by atoms with E-state index >= 15 is 0 Å². The summed E-state index contributed by atoms with van der Waals surface area (Å²) in [5.41, 5.74) is -13.2. The first kappa shape index (κ1) is 97.0. The zero-order valence-corrected chi connectivity index (χ0v) is 74.4. The van der Waals surface area contributed by atoms with Crippen LogP contribution in [0.2, 0.25) is 0 Å². The lowest BCUT2D eigenvalue weighted by Crippen LogP contribution is -2.61. The Balaban J connectivity index is 0.000000137. The summed E-state index contributed by atoms with van der Waals surface area (Å²) in [7, 11) is 0. The topological polar surface area (TPSA) is 169 Å². The molecule has 18 rings (SSSR count). The van der Waals surface area contributed by atoms with Crippen LogP contribution in [0.4, 0.5) is 65.9 Å². The maximum atomic E-state index is 13.1. The molecule has 18 aliphatic rings. The lowest BCUT2D eigenvalue weighted by molar-refractivity contribution is -0.381. The highest BCUT2D eigenvalue weighted by Crippen LogP contribution is 2.69. The van der Waals surface area contributed by atoms with E-state index < -0.39 is 96.0 Å². The number of hydrogen-bond acceptors (Lipinski definition) is 9. The van der Waals surface area contributed by atoms with Crippen molar-refractivity contribution in [3.8, 4) is 12.1 Å². The van der Waals surface area contributed by atoms with Crippen molar-refractivity contribution < 1.29 is 96.5 Å². The second-order valence-electron chi connectivity index (χ2n) is 43.9. The van der Waals surface area contributed by atoms with Crippen molar-refractivity contribution in [2.45, 2.75) is 309 Å². The van der Waals surface area contributed by atoms with Crippen molar-refractivity contribution in [2.75, 3.05) is 13.2 Å². The number of thioether (sulfide) groups is 1. The van der Waals surface area contributed by atoms with Crippen molar-refractivity contribution in [3.63, 3.8) is 0 Å². The number of nitrogens with zero attached hydrogens (tertiary/aromatic N) is 2. The predicted molar refractivity (Wildman–Crippen MR) is 429 cm³/mol. The maximum Gasteiger partial charge on any atom is 0.426 e. The van der Waals surface area contributed by atoms with E-state index in [-0.39, 0.29) is 24.9 Å². The van der Waals surface area contributed by atoms with E-state index in [4.69, 9.17) is 27.2 Å². The molecule has 18 fully saturated rings. The fraction of sp³-hybridized carbons (Fsp3) is 0.978. The smallest absolute Gasteiger partial charge is 0.396 e. The first-order valence-corrected chi connectivity index (χ1v) is 47.3. The van der Waals surface area contributed by atoms with Gasteiger partial charge in [-0.1, -0.05) is 111 Å². The van der Waals surface area contributed by atoms with Gasteiger partial charge in [-0.25, -0.2) is 0 Å². The summed E-state index contributed by atoms with van der Waals surface area (Å²) in [6.07, 6.45) is -14.8. The van der Waals surface area contributed by atoms with Gasteiger partial charge >= 0.3 is 30.9 Å². The second-order valence-corrected chi connectivity index (χ2v) is 45.9. The lowest BCUT2D eigenvalue weighted by Gasteiger charge is -2.45. The summed E-state index contributed by atoms with van der Waals surface area (Å²) < 4.78 is 196. The van der Waals surface area contributed by atoms with Crippen molar-refractivity contribution in [2.24, 2.45) is 243 Å². The van der Waals surface area contributed by atoms with E-state index in [1.54, 1.807) is 0 Å². The summed E-state index contributed by atoms with van der Waals surface area (Å²) in [5, 5.41) is 75.7. The van der Waals surface area contributed by atoms with Gasteiger partial charge in [0, 0.05) is 40.9 Å². The van der Waals surface area contributed by atoms with Gasteiger partial charge in [-0.15, -0.1) is 11.6 Å². The van der Waals surface area contributed by atoms with Crippen LogP contribution in [0.15, 0.2) is 0 Å². The van der Waals surface area contributed by atoms with E-state index in [0.717, 1.165) is 180 Å². The van der Waals surface area contributed by atoms with Crippen molar-refractivity contribution in [1.29, 1.82) is 10.5 Å². The van der Waals surface area contributed by atoms with Gasteiger partial charge in [0.05, 0.1) is 18.2 Å². The molecule has 2 heterocycles. The highest BCUT2D eigenvalue weighted by Gasteiger charge is 2.76. The molecule has 0 spiro atoms. The summed E-state index contributed by atoms with van der Waals surface area (Å²) in [6, 6.07) is 4.98. The summed E-state index contributed by atoms with van der Waals surface area (Å²) in [5.74, 6) is 20.7. The van der Waals surface area contributed by atoms with E-state index in [0.29, 0.717) is 70.5 Å². The van der Waals surface area contributed by atoms with Crippen LogP contribution in [0.25, 0.3) is 0 Å². The maximum absolute atomic E-state index is 13.1. The van der Waals surface area contributed by atoms with Crippen LogP contribution >= 0.6 is 23.4 Å². The number of alkyl halides is 16. The van der Waals surface area contributed by atoms with Gasteiger partial charge in [-0.05, 0) is 360 Å². The molecule has 8 nitrogen and oxygen atoms in total. The van der Waals surface area contributed by atoms with Crippen LogP contribution in [-0.4, -0.2) is 114 Å². The fourth-order valence-electron chi connectivity index (χ4n) is 30.6. The minimum Gasteiger partial charge on any atom is -0.396 e. The Morgan fingerprint density at radius 1 is 0.331 bits per heavy atom. The molecule has 46 atom stereocenters. The number of fused-ring (bicyclic) bond motifs is 22. The van der Waals surface area contributed by atoms with E-state index in [1.165, 1.54) is 97.3 Å². The Morgan fingerprint density at radius 2 is 0.686 bits per heavy atom. The first-order chi connectivity index (χ1) is 54.4. The van der Waals surface area contributed by atoms with Gasteiger partial charge in [0.15, 0.2) is 5.60 Å². The van der Waals surface area contributed by atoms with Gasteiger partial charge in [-0.3, -0.25) is 0 Å². The Morgan fingerprint density at radius 3 is 1.06 bits per heavy atom. The van der Waals surface area contributed by atoms with Crippen LogP contribution in [-0.2, 0) is 0 Å². The molecular weight excluding hydrogens is 1590 g/mol. The Hall–Kier alpha value is -1.67. The molecule has 16 bridgehead atoms. The third kappa shape index (κ3) is 17.9. The van der Waals surface area contributed by atoms with Crippen molar-refractivity contribution >= 4 is 23.4 Å². The third-order valence-corrected chi connectivity index (χ3v) is 41.8. The molecule has 2 saturated heterocycles. The Bertz CT molecular complexity index is 3290. The molecule has 25 heteroatoms. The molecule has 16 aliphatic carbocycles. The molecule has 0 radical (unpaired) electrons. The van der Waals surface area contributed by atoms with Gasteiger partial charge in [0.1, 0.15) is 0 Å². The third-order valence-electron chi connectivity index (χ3n) is 39.2. The first-order valence-electron chi connectivity index (χ1n) is 45.9. The van der Waals surface area contributed by atoms with E-state index in [2.05, 4.69) is 109 Å². The monoisotopic (exact) mass is 1740 g/mol. The molecule has 46 unspecified atom stereocenters. The number of halogens is 16. The summed E-state index contributed by atoms with van der Waals surface area (Å²) in [6.45, 7) is 37.5. The van der Waals surface area contributed by atoms with Crippen LogP contribution in [0.5, 0.6) is 0 Å². The lowest BCUT2D eigenvalue weighted by atomic mass is 9.63.